The van der Waals surface area contributed by atoms with Gasteiger partial charge in [0.05, 0.1) is 10.4 Å². The molecule has 0 radical (unpaired) electrons. The highest BCUT2D eigenvalue weighted by molar-refractivity contribution is 7.99. The van der Waals surface area contributed by atoms with E-state index in [9.17, 15) is 0 Å². The molecule has 2 fully saturated rings. The van der Waals surface area contributed by atoms with Crippen LogP contribution in [-0.4, -0.2) is 49.0 Å². The van der Waals surface area contributed by atoms with Crippen molar-refractivity contribution >= 4 is 51.4 Å². The number of aromatic nitrogens is 6. The van der Waals surface area contributed by atoms with Crippen LogP contribution in [0.3, 0.4) is 0 Å². The number of fused-ring (bicyclic) bond motifs is 2. The summed E-state index contributed by atoms with van der Waals surface area (Å²) in [6.45, 7) is 1.63. The smallest absolute Gasteiger partial charge is 0.196 e. The molecule has 3 N–H and O–H groups in total. The van der Waals surface area contributed by atoms with Gasteiger partial charge in [0.2, 0.25) is 0 Å². The quantitative estimate of drug-likeness (QED) is 0.466. The van der Waals surface area contributed by atoms with E-state index in [4.69, 9.17) is 27.3 Å². The van der Waals surface area contributed by atoms with Crippen molar-refractivity contribution in [3.63, 3.8) is 0 Å². The lowest BCUT2D eigenvalue weighted by molar-refractivity contribution is 0.751. The standard InChI is InChI=1S/C20H19ClN8S/c21-15-14-18(26-16(15)10-1-2-10)27-20(28-19(14)29-6-3-11(22)9-29)30-12-7-13-17(25-8-12)24-5-4-23-13/h4-5,7-8,10-11H,1-3,6,9,22H2,(H,26,27,28)/t11-/m1/s1. The zero-order chi connectivity index (χ0) is 20.2. The van der Waals surface area contributed by atoms with Crippen molar-refractivity contribution in [2.45, 2.75) is 41.3 Å². The minimum absolute atomic E-state index is 0.148. The van der Waals surface area contributed by atoms with Crippen molar-refractivity contribution in [3.8, 4) is 0 Å². The van der Waals surface area contributed by atoms with Crippen LogP contribution in [-0.2, 0) is 0 Å². The molecule has 1 aliphatic heterocycles. The molecule has 8 nitrogen and oxygen atoms in total. The van der Waals surface area contributed by atoms with Crippen LogP contribution in [0, 0.1) is 0 Å². The highest BCUT2D eigenvalue weighted by Crippen LogP contribution is 2.47. The molecule has 0 bridgehead atoms. The number of anilines is 1. The second-order valence-corrected chi connectivity index (χ2v) is 9.27. The Kier molecular flexibility index (Phi) is 4.29. The Bertz CT molecular complexity index is 1270. The summed E-state index contributed by atoms with van der Waals surface area (Å²) < 4.78 is 0. The summed E-state index contributed by atoms with van der Waals surface area (Å²) >= 11 is 8.25. The maximum atomic E-state index is 6.79. The first-order valence-corrected chi connectivity index (χ1v) is 11.2. The van der Waals surface area contributed by atoms with Crippen molar-refractivity contribution in [1.82, 2.24) is 29.9 Å². The predicted octanol–water partition coefficient (Wildman–Crippen LogP) is 3.52. The van der Waals surface area contributed by atoms with Crippen molar-refractivity contribution in [2.75, 3.05) is 18.0 Å². The van der Waals surface area contributed by atoms with Gasteiger partial charge in [0.1, 0.15) is 17.0 Å². The summed E-state index contributed by atoms with van der Waals surface area (Å²) in [5.74, 6) is 1.36. The highest BCUT2D eigenvalue weighted by Gasteiger charge is 2.32. The van der Waals surface area contributed by atoms with E-state index >= 15 is 0 Å². The molecule has 30 heavy (non-hydrogen) atoms. The lowest BCUT2D eigenvalue weighted by Crippen LogP contribution is -2.27. The van der Waals surface area contributed by atoms with E-state index in [1.165, 1.54) is 11.8 Å². The lowest BCUT2D eigenvalue weighted by atomic mass is 10.2. The van der Waals surface area contributed by atoms with Crippen LogP contribution < -0.4 is 10.6 Å². The molecular formula is C20H19ClN8S. The van der Waals surface area contributed by atoms with E-state index in [-0.39, 0.29) is 6.04 Å². The third kappa shape index (κ3) is 3.17. The summed E-state index contributed by atoms with van der Waals surface area (Å²) in [6.07, 6.45) is 8.34. The molecule has 10 heteroatoms. The van der Waals surface area contributed by atoms with E-state index in [1.807, 2.05) is 6.07 Å². The molecule has 0 spiro atoms. The van der Waals surface area contributed by atoms with Gasteiger partial charge in [-0.15, -0.1) is 0 Å². The molecule has 0 aromatic carbocycles. The molecule has 1 aliphatic carbocycles. The number of rotatable bonds is 4. The third-order valence-electron chi connectivity index (χ3n) is 5.60. The Morgan fingerprint density at radius 2 is 2.00 bits per heavy atom. The number of nitrogens with two attached hydrogens (primary N) is 1. The Labute approximate surface area is 181 Å². The fourth-order valence-electron chi connectivity index (χ4n) is 3.95. The van der Waals surface area contributed by atoms with E-state index in [0.29, 0.717) is 16.7 Å². The fourth-order valence-corrected chi connectivity index (χ4v) is 5.08. The molecule has 5 heterocycles. The van der Waals surface area contributed by atoms with Gasteiger partial charge >= 0.3 is 0 Å². The predicted molar refractivity (Wildman–Crippen MR) is 117 cm³/mol. The van der Waals surface area contributed by atoms with Crippen LogP contribution in [0.2, 0.25) is 5.02 Å². The monoisotopic (exact) mass is 438 g/mol. The minimum atomic E-state index is 0.148. The van der Waals surface area contributed by atoms with E-state index in [0.717, 1.165) is 70.3 Å². The molecule has 0 amide bonds. The molecule has 2 aliphatic rings. The van der Waals surface area contributed by atoms with Gasteiger partial charge in [-0.05, 0) is 37.1 Å². The molecule has 1 atom stereocenters. The summed E-state index contributed by atoms with van der Waals surface area (Å²) in [6, 6.07) is 2.10. The number of hydrogen-bond acceptors (Lipinski definition) is 8. The topological polar surface area (TPSA) is 110 Å². The highest BCUT2D eigenvalue weighted by atomic mass is 35.5. The molecule has 0 unspecified atom stereocenters. The van der Waals surface area contributed by atoms with Crippen molar-refractivity contribution < 1.29 is 0 Å². The third-order valence-corrected chi connectivity index (χ3v) is 6.81. The van der Waals surface area contributed by atoms with Gasteiger partial charge < -0.3 is 15.6 Å². The second kappa shape index (κ2) is 7.04. The molecular weight excluding hydrogens is 420 g/mol. The Morgan fingerprint density at radius 1 is 1.13 bits per heavy atom. The van der Waals surface area contributed by atoms with Gasteiger partial charge in [0.25, 0.3) is 0 Å². The SMILES string of the molecule is N[C@@H]1CCN(c2nc(Sc3cnc4nccnc4c3)nc3[nH]c(C4CC4)c(Cl)c23)C1. The van der Waals surface area contributed by atoms with Gasteiger partial charge in [-0.3, -0.25) is 4.98 Å². The summed E-state index contributed by atoms with van der Waals surface area (Å²) in [5, 5.41) is 2.30. The summed E-state index contributed by atoms with van der Waals surface area (Å²) in [5.41, 5.74) is 9.39. The van der Waals surface area contributed by atoms with Crippen LogP contribution in [0.1, 0.15) is 30.9 Å². The maximum Gasteiger partial charge on any atom is 0.196 e. The van der Waals surface area contributed by atoms with Crippen LogP contribution in [0.15, 0.2) is 34.7 Å². The van der Waals surface area contributed by atoms with Crippen molar-refractivity contribution in [3.05, 3.63) is 35.4 Å². The van der Waals surface area contributed by atoms with E-state index < -0.39 is 0 Å². The number of halogens is 1. The fraction of sp³-hybridized carbons (Fsp3) is 0.350. The largest absolute Gasteiger partial charge is 0.354 e. The van der Waals surface area contributed by atoms with Crippen LogP contribution in [0.25, 0.3) is 22.2 Å². The van der Waals surface area contributed by atoms with Gasteiger partial charge in [-0.25, -0.2) is 19.9 Å². The van der Waals surface area contributed by atoms with Gasteiger partial charge in [0, 0.05) is 54.2 Å². The van der Waals surface area contributed by atoms with Gasteiger partial charge in [-0.2, -0.15) is 0 Å². The zero-order valence-corrected chi connectivity index (χ0v) is 17.6. The number of nitrogens with one attached hydrogen (secondary N) is 1. The Balaban J connectivity index is 1.45. The zero-order valence-electron chi connectivity index (χ0n) is 16.0. The first-order chi connectivity index (χ1) is 14.7. The van der Waals surface area contributed by atoms with E-state index in [2.05, 4.69) is 24.8 Å². The van der Waals surface area contributed by atoms with Crippen molar-refractivity contribution in [1.29, 1.82) is 0 Å². The van der Waals surface area contributed by atoms with Gasteiger partial charge in [0.15, 0.2) is 10.8 Å². The van der Waals surface area contributed by atoms with E-state index in [1.54, 1.807) is 18.6 Å². The first kappa shape index (κ1) is 18.3. The lowest BCUT2D eigenvalue weighted by Gasteiger charge is -2.18. The van der Waals surface area contributed by atoms with Crippen molar-refractivity contribution in [2.24, 2.45) is 5.73 Å². The van der Waals surface area contributed by atoms with Crippen LogP contribution >= 0.6 is 23.4 Å². The van der Waals surface area contributed by atoms with Crippen LogP contribution in [0.4, 0.5) is 5.82 Å². The number of H-pyrrole nitrogens is 1. The number of pyridine rings is 1. The molecule has 4 aromatic rings. The number of nitrogens with zero attached hydrogens (tertiary/aromatic N) is 6. The summed E-state index contributed by atoms with van der Waals surface area (Å²) in [4.78, 5) is 29.2. The second-order valence-electron chi connectivity index (χ2n) is 7.85. The molecule has 1 saturated heterocycles. The number of aromatic amines is 1. The summed E-state index contributed by atoms with van der Waals surface area (Å²) in [7, 11) is 0. The minimum Gasteiger partial charge on any atom is -0.354 e. The normalized spacial score (nSPS) is 19.3. The first-order valence-electron chi connectivity index (χ1n) is 10.00. The Morgan fingerprint density at radius 3 is 2.80 bits per heavy atom. The molecule has 4 aromatic heterocycles. The average molecular weight is 439 g/mol. The Hall–Kier alpha value is -2.49. The van der Waals surface area contributed by atoms with Gasteiger partial charge in [-0.1, -0.05) is 11.6 Å². The van der Waals surface area contributed by atoms with Crippen LogP contribution in [0.5, 0.6) is 0 Å². The number of hydrogen-bond donors (Lipinski definition) is 2. The molecule has 1 saturated carbocycles. The molecule has 152 valence electrons. The molecule has 6 rings (SSSR count). The average Bonchev–Trinajstić information content (AvgIpc) is 3.42. The maximum absolute atomic E-state index is 6.79.